The van der Waals surface area contributed by atoms with Crippen LogP contribution < -0.4 is 5.32 Å². The van der Waals surface area contributed by atoms with Gasteiger partial charge in [0.25, 0.3) is 0 Å². The molecular weight excluding hydrogens is 234 g/mol. The Balaban J connectivity index is 1.64. The molecule has 102 valence electrons. The number of fused-ring (bicyclic) bond motifs is 1. The Morgan fingerprint density at radius 1 is 1.26 bits per heavy atom. The van der Waals surface area contributed by atoms with Gasteiger partial charge in [0.2, 0.25) is 5.91 Å². The third-order valence-electron chi connectivity index (χ3n) is 6.05. The maximum absolute atomic E-state index is 12.4. The van der Waals surface area contributed by atoms with Gasteiger partial charge in [-0.3, -0.25) is 4.79 Å². The predicted octanol–water partition coefficient (Wildman–Crippen LogP) is 3.38. The van der Waals surface area contributed by atoms with Crippen LogP contribution in [0.4, 0.5) is 0 Å². The first-order chi connectivity index (χ1) is 8.97. The summed E-state index contributed by atoms with van der Waals surface area (Å²) in [4.78, 5) is 12.4. The zero-order valence-corrected chi connectivity index (χ0v) is 12.1. The molecule has 0 saturated heterocycles. The number of hydrogen-bond acceptors (Lipinski definition) is 1. The van der Waals surface area contributed by atoms with E-state index in [-0.39, 0.29) is 17.2 Å². The Labute approximate surface area is 115 Å². The lowest BCUT2D eigenvalue weighted by molar-refractivity contribution is -0.160. The van der Waals surface area contributed by atoms with Crippen molar-refractivity contribution in [2.45, 2.75) is 40.2 Å². The minimum atomic E-state index is 0.207. The van der Waals surface area contributed by atoms with Gasteiger partial charge in [0.1, 0.15) is 0 Å². The molecule has 2 bridgehead atoms. The molecule has 0 unspecified atom stereocenters. The van der Waals surface area contributed by atoms with Gasteiger partial charge in [-0.15, -0.1) is 0 Å². The topological polar surface area (TPSA) is 29.1 Å². The number of rotatable bonds is 3. The lowest BCUT2D eigenvalue weighted by atomic mass is 9.45. The van der Waals surface area contributed by atoms with Gasteiger partial charge in [-0.1, -0.05) is 51.1 Å². The number of carbonyl (C=O) groups is 1. The lowest BCUT2D eigenvalue weighted by Crippen LogP contribution is -2.60. The van der Waals surface area contributed by atoms with Gasteiger partial charge < -0.3 is 5.32 Å². The van der Waals surface area contributed by atoms with E-state index in [2.05, 4.69) is 38.2 Å². The van der Waals surface area contributed by atoms with Gasteiger partial charge in [0.05, 0.1) is 0 Å². The average molecular weight is 257 g/mol. The predicted molar refractivity (Wildman–Crippen MR) is 76.4 cm³/mol. The second-order valence-corrected chi connectivity index (χ2v) is 6.97. The molecule has 2 heteroatoms. The van der Waals surface area contributed by atoms with Gasteiger partial charge >= 0.3 is 0 Å². The first-order valence-corrected chi connectivity index (χ1v) is 7.28. The molecule has 3 aliphatic carbocycles. The van der Waals surface area contributed by atoms with Gasteiger partial charge in [0, 0.05) is 12.5 Å². The monoisotopic (exact) mass is 257 g/mol. The number of amides is 1. The molecule has 0 radical (unpaired) electrons. The molecule has 1 amide bonds. The van der Waals surface area contributed by atoms with E-state index in [4.69, 9.17) is 0 Å². The van der Waals surface area contributed by atoms with Crippen LogP contribution >= 0.6 is 0 Å². The van der Waals surface area contributed by atoms with E-state index < -0.39 is 0 Å². The largest absolute Gasteiger partial charge is 0.352 e. The van der Waals surface area contributed by atoms with Crippen LogP contribution in [0.5, 0.6) is 0 Å². The standard InChI is InChI=1S/C17H23NO/c1-16(2)13-9-10-17(16,3)14(13)15(19)18-11-12-7-5-4-6-8-12/h4-8,13-14H,9-11H2,1-3H3,(H,18,19)/t13-,14-,17+/m0/s1. The molecule has 1 aromatic rings. The second-order valence-electron chi connectivity index (χ2n) is 6.97. The quantitative estimate of drug-likeness (QED) is 0.883. The van der Waals surface area contributed by atoms with Crippen molar-refractivity contribution in [1.82, 2.24) is 5.32 Å². The Bertz CT molecular complexity index is 493. The number of carbonyl (C=O) groups excluding carboxylic acids is 1. The highest BCUT2D eigenvalue weighted by molar-refractivity contribution is 5.82. The van der Waals surface area contributed by atoms with Crippen LogP contribution in [-0.2, 0) is 11.3 Å². The zero-order chi connectivity index (χ0) is 13.7. The van der Waals surface area contributed by atoms with Crippen LogP contribution in [0, 0.1) is 22.7 Å². The smallest absolute Gasteiger partial charge is 0.224 e. The van der Waals surface area contributed by atoms with Gasteiger partial charge in [0.15, 0.2) is 0 Å². The van der Waals surface area contributed by atoms with Gasteiger partial charge in [-0.2, -0.15) is 0 Å². The maximum atomic E-state index is 12.4. The molecule has 1 N–H and O–H groups in total. The fourth-order valence-electron chi connectivity index (χ4n) is 4.42. The van der Waals surface area contributed by atoms with Crippen molar-refractivity contribution in [1.29, 1.82) is 0 Å². The molecule has 19 heavy (non-hydrogen) atoms. The SMILES string of the molecule is CC1(C)[C@H]2CC[C@]1(C)[C@@H]2C(=O)NCc1ccccc1. The molecule has 0 heterocycles. The van der Waals surface area contributed by atoms with E-state index in [1.807, 2.05) is 18.2 Å². The van der Waals surface area contributed by atoms with Crippen molar-refractivity contribution in [2.24, 2.45) is 22.7 Å². The summed E-state index contributed by atoms with van der Waals surface area (Å²) in [6, 6.07) is 10.1. The van der Waals surface area contributed by atoms with Gasteiger partial charge in [-0.25, -0.2) is 0 Å². The normalized spacial score (nSPS) is 34.7. The van der Waals surface area contributed by atoms with E-state index in [0.717, 1.165) is 0 Å². The summed E-state index contributed by atoms with van der Waals surface area (Å²) in [6.07, 6.45) is 2.42. The van der Waals surface area contributed by atoms with E-state index in [0.29, 0.717) is 17.9 Å². The highest BCUT2D eigenvalue weighted by atomic mass is 16.2. The number of nitrogens with one attached hydrogen (secondary N) is 1. The van der Waals surface area contributed by atoms with E-state index >= 15 is 0 Å². The third kappa shape index (κ3) is 1.65. The number of hydrogen-bond donors (Lipinski definition) is 1. The summed E-state index contributed by atoms with van der Waals surface area (Å²) in [5.74, 6) is 1.06. The van der Waals surface area contributed by atoms with Crippen molar-refractivity contribution in [3.63, 3.8) is 0 Å². The summed E-state index contributed by atoms with van der Waals surface area (Å²) >= 11 is 0. The van der Waals surface area contributed by atoms with Crippen molar-refractivity contribution in [2.75, 3.05) is 0 Å². The van der Waals surface area contributed by atoms with Crippen LogP contribution in [0.15, 0.2) is 30.3 Å². The Morgan fingerprint density at radius 3 is 2.47 bits per heavy atom. The van der Waals surface area contributed by atoms with Gasteiger partial charge in [-0.05, 0) is 35.2 Å². The Hall–Kier alpha value is -1.31. The first kappa shape index (κ1) is 12.7. The summed E-state index contributed by atoms with van der Waals surface area (Å²) in [5.41, 5.74) is 1.71. The summed E-state index contributed by atoms with van der Waals surface area (Å²) in [5, 5.41) is 3.13. The third-order valence-corrected chi connectivity index (χ3v) is 6.05. The molecule has 3 atom stereocenters. The molecule has 0 aromatic heterocycles. The highest BCUT2D eigenvalue weighted by Crippen LogP contribution is 2.73. The number of benzene rings is 1. The Kier molecular flexibility index (Phi) is 2.74. The molecule has 0 spiro atoms. The fourth-order valence-corrected chi connectivity index (χ4v) is 4.42. The van der Waals surface area contributed by atoms with Crippen LogP contribution in [-0.4, -0.2) is 5.91 Å². The minimum Gasteiger partial charge on any atom is -0.352 e. The maximum Gasteiger partial charge on any atom is 0.224 e. The molecule has 0 aliphatic heterocycles. The molecule has 3 aliphatic rings. The van der Waals surface area contributed by atoms with Crippen molar-refractivity contribution < 1.29 is 4.79 Å². The molecular formula is C17H23NO. The molecule has 4 rings (SSSR count). The van der Waals surface area contributed by atoms with Crippen LogP contribution in [0.2, 0.25) is 0 Å². The van der Waals surface area contributed by atoms with Crippen molar-refractivity contribution in [3.8, 4) is 0 Å². The highest BCUT2D eigenvalue weighted by Gasteiger charge is 2.70. The van der Waals surface area contributed by atoms with Crippen LogP contribution in [0.3, 0.4) is 0 Å². The second kappa shape index (κ2) is 4.09. The molecule has 2 nitrogen and oxygen atoms in total. The molecule has 1 aromatic carbocycles. The average Bonchev–Trinajstić information content (AvgIpc) is 2.88. The van der Waals surface area contributed by atoms with E-state index in [1.54, 1.807) is 0 Å². The summed E-state index contributed by atoms with van der Waals surface area (Å²) < 4.78 is 0. The van der Waals surface area contributed by atoms with Crippen molar-refractivity contribution in [3.05, 3.63) is 35.9 Å². The first-order valence-electron chi connectivity index (χ1n) is 7.28. The zero-order valence-electron chi connectivity index (χ0n) is 12.1. The molecule has 3 saturated carbocycles. The van der Waals surface area contributed by atoms with Crippen LogP contribution in [0.25, 0.3) is 0 Å². The lowest BCUT2D eigenvalue weighted by Gasteiger charge is -2.58. The van der Waals surface area contributed by atoms with Crippen molar-refractivity contribution >= 4 is 5.91 Å². The minimum absolute atomic E-state index is 0.207. The van der Waals surface area contributed by atoms with E-state index in [1.165, 1.54) is 18.4 Å². The van der Waals surface area contributed by atoms with E-state index in [9.17, 15) is 4.79 Å². The fraction of sp³-hybridized carbons (Fsp3) is 0.588. The van der Waals surface area contributed by atoms with Crippen LogP contribution in [0.1, 0.15) is 39.2 Å². The Morgan fingerprint density at radius 2 is 1.95 bits per heavy atom. The molecule has 3 fully saturated rings. The summed E-state index contributed by atoms with van der Waals surface area (Å²) in [6.45, 7) is 7.60. The summed E-state index contributed by atoms with van der Waals surface area (Å²) in [7, 11) is 0.